The molecule has 58 heavy (non-hydrogen) atoms. The number of carbonyl (C=O) groups excluding carboxylic acids is 7. The van der Waals surface area contributed by atoms with Crippen LogP contribution in [0, 0.1) is 17.8 Å². The summed E-state index contributed by atoms with van der Waals surface area (Å²) in [4.78, 5) is 92.2. The molecule has 0 spiro atoms. The molecular weight excluding hydrogens is 769 g/mol. The highest BCUT2D eigenvalue weighted by atomic mass is 28.4. The van der Waals surface area contributed by atoms with Gasteiger partial charge in [-0.25, -0.2) is 19.2 Å². The molecule has 0 fully saturated rings. The van der Waals surface area contributed by atoms with Gasteiger partial charge in [0.05, 0.1) is 13.2 Å². The second-order valence-electron chi connectivity index (χ2n) is 17.1. The van der Waals surface area contributed by atoms with Crippen molar-refractivity contribution in [3.05, 3.63) is 35.9 Å². The number of ketones is 1. The van der Waals surface area contributed by atoms with Crippen molar-refractivity contribution in [2.75, 3.05) is 7.11 Å². The topological polar surface area (TPSA) is 199 Å². The molecule has 328 valence electrons. The van der Waals surface area contributed by atoms with Gasteiger partial charge in [-0.2, -0.15) is 0 Å². The van der Waals surface area contributed by atoms with Gasteiger partial charge in [0.2, 0.25) is 0 Å². The van der Waals surface area contributed by atoms with Crippen LogP contribution in [0.4, 0.5) is 4.79 Å². The van der Waals surface area contributed by atoms with Crippen LogP contribution in [0.25, 0.3) is 0 Å². The third-order valence-electron chi connectivity index (χ3n) is 9.95. The zero-order valence-corrected chi connectivity index (χ0v) is 37.9. The fraction of sp³-hybridized carbons (Fsp3) is 0.690. The SMILES string of the molecule is CCC(C)[C@H](OC(=O)[C@H](C)OC(=O)[C@@H](NC(=O)OCc1ccccc1)[C@@H](C)OC(=O)[C@H](CC(C)C)O[Si](C)(C)C(C)(C)C)C(=O)N[C@@H](CC(C)C)C(=O)CC(=O)OC. The van der Waals surface area contributed by atoms with Crippen LogP contribution in [0.5, 0.6) is 0 Å². The van der Waals surface area contributed by atoms with E-state index in [1.54, 1.807) is 44.2 Å². The van der Waals surface area contributed by atoms with Crippen LogP contribution in [0.3, 0.4) is 0 Å². The van der Waals surface area contributed by atoms with Gasteiger partial charge in [-0.15, -0.1) is 0 Å². The summed E-state index contributed by atoms with van der Waals surface area (Å²) in [6.45, 7) is 23.6. The quantitative estimate of drug-likeness (QED) is 0.0547. The highest BCUT2D eigenvalue weighted by molar-refractivity contribution is 6.74. The van der Waals surface area contributed by atoms with Crippen LogP contribution in [0.1, 0.15) is 107 Å². The van der Waals surface area contributed by atoms with Gasteiger partial charge in [0.1, 0.15) is 25.2 Å². The summed E-state index contributed by atoms with van der Waals surface area (Å²) in [7, 11) is -1.31. The first-order chi connectivity index (χ1) is 26.8. The maximum atomic E-state index is 13.8. The summed E-state index contributed by atoms with van der Waals surface area (Å²) in [5.74, 6) is -5.61. The van der Waals surface area contributed by atoms with E-state index in [0.717, 1.165) is 7.11 Å². The first-order valence-corrected chi connectivity index (χ1v) is 22.9. The van der Waals surface area contributed by atoms with Crippen molar-refractivity contribution in [2.24, 2.45) is 17.8 Å². The molecule has 1 aromatic rings. The molecule has 2 amide bonds. The third kappa shape index (κ3) is 17.7. The molecular formula is C42H68N2O13Si. The molecule has 0 aromatic heterocycles. The van der Waals surface area contributed by atoms with Crippen LogP contribution in [0.2, 0.25) is 18.1 Å². The van der Waals surface area contributed by atoms with Crippen molar-refractivity contribution in [1.82, 2.24) is 10.6 Å². The molecule has 0 aliphatic rings. The zero-order chi connectivity index (χ0) is 44.5. The maximum Gasteiger partial charge on any atom is 0.408 e. The Bertz CT molecular complexity index is 1530. The van der Waals surface area contributed by atoms with Gasteiger partial charge in [0.15, 0.2) is 32.4 Å². The predicted octanol–water partition coefficient (Wildman–Crippen LogP) is 6.20. The number of rotatable bonds is 23. The molecule has 1 unspecified atom stereocenters. The molecule has 0 saturated carbocycles. The number of hydrogen-bond donors (Lipinski definition) is 2. The Labute approximate surface area is 345 Å². The van der Waals surface area contributed by atoms with Crippen molar-refractivity contribution in [2.45, 2.75) is 163 Å². The van der Waals surface area contributed by atoms with E-state index in [4.69, 9.17) is 23.4 Å². The minimum absolute atomic E-state index is 0.0411. The smallest absolute Gasteiger partial charge is 0.408 e. The van der Waals surface area contributed by atoms with Gasteiger partial charge in [0, 0.05) is 5.92 Å². The number of Topliss-reactive ketones (excluding diaryl/α,β-unsaturated/α-hetero) is 1. The molecule has 7 atom stereocenters. The van der Waals surface area contributed by atoms with Gasteiger partial charge < -0.3 is 38.7 Å². The zero-order valence-electron chi connectivity index (χ0n) is 36.9. The van der Waals surface area contributed by atoms with E-state index in [0.29, 0.717) is 18.4 Å². The Morgan fingerprint density at radius 2 is 1.34 bits per heavy atom. The molecule has 0 radical (unpaired) electrons. The highest BCUT2D eigenvalue weighted by Crippen LogP contribution is 2.38. The van der Waals surface area contributed by atoms with Crippen LogP contribution < -0.4 is 10.6 Å². The highest BCUT2D eigenvalue weighted by Gasteiger charge is 2.43. The predicted molar refractivity (Wildman–Crippen MR) is 219 cm³/mol. The number of ether oxygens (including phenoxy) is 5. The van der Waals surface area contributed by atoms with Gasteiger partial charge in [0.25, 0.3) is 5.91 Å². The van der Waals surface area contributed by atoms with E-state index < -0.39 is 98.8 Å². The summed E-state index contributed by atoms with van der Waals surface area (Å²) < 4.78 is 33.2. The lowest BCUT2D eigenvalue weighted by molar-refractivity contribution is -0.178. The summed E-state index contributed by atoms with van der Waals surface area (Å²) in [5.41, 5.74) is 0.676. The van der Waals surface area contributed by atoms with Gasteiger partial charge in [-0.05, 0) is 68.6 Å². The van der Waals surface area contributed by atoms with Crippen LogP contribution >= 0.6 is 0 Å². The van der Waals surface area contributed by atoms with E-state index in [1.165, 1.54) is 13.8 Å². The normalized spacial score (nSPS) is 15.4. The first-order valence-electron chi connectivity index (χ1n) is 20.0. The van der Waals surface area contributed by atoms with E-state index in [2.05, 4.69) is 15.4 Å². The Kier molecular flexibility index (Phi) is 21.3. The number of methoxy groups -OCH3 is 1. The number of hydrogen-bond acceptors (Lipinski definition) is 13. The van der Waals surface area contributed by atoms with Crippen molar-refractivity contribution >= 4 is 50.0 Å². The summed E-state index contributed by atoms with van der Waals surface area (Å²) in [5, 5.41) is 4.81. The summed E-state index contributed by atoms with van der Waals surface area (Å²) in [6, 6.07) is 6.11. The Balaban J connectivity index is 3.33. The molecule has 0 heterocycles. The minimum atomic E-state index is -2.46. The van der Waals surface area contributed by atoms with Gasteiger partial charge >= 0.3 is 30.0 Å². The first kappa shape index (κ1) is 51.7. The number of amides is 2. The Hall–Kier alpha value is -4.31. The number of benzene rings is 1. The van der Waals surface area contributed by atoms with Gasteiger partial charge in [-0.1, -0.05) is 92.6 Å². The maximum absolute atomic E-state index is 13.8. The fourth-order valence-electron chi connectivity index (χ4n) is 5.23. The lowest BCUT2D eigenvalue weighted by Crippen LogP contribution is -2.53. The average molecular weight is 837 g/mol. The third-order valence-corrected chi connectivity index (χ3v) is 14.4. The van der Waals surface area contributed by atoms with Crippen molar-refractivity contribution < 1.29 is 61.7 Å². The molecule has 0 bridgehead atoms. The van der Waals surface area contributed by atoms with E-state index >= 15 is 0 Å². The monoisotopic (exact) mass is 836 g/mol. The lowest BCUT2D eigenvalue weighted by Gasteiger charge is -2.39. The number of nitrogens with one attached hydrogen (secondary N) is 2. The van der Waals surface area contributed by atoms with Crippen molar-refractivity contribution in [3.63, 3.8) is 0 Å². The lowest BCUT2D eigenvalue weighted by atomic mass is 9.96. The van der Waals surface area contributed by atoms with Gasteiger partial charge in [-0.3, -0.25) is 14.4 Å². The average Bonchev–Trinajstić information content (AvgIpc) is 3.13. The number of carbonyl (C=O) groups is 7. The molecule has 15 nitrogen and oxygen atoms in total. The number of alkyl carbamates (subject to hydrolysis) is 1. The Morgan fingerprint density at radius 1 is 0.759 bits per heavy atom. The second kappa shape index (κ2) is 23.9. The molecule has 1 rings (SSSR count). The number of esters is 4. The van der Waals surface area contributed by atoms with Crippen LogP contribution in [0.15, 0.2) is 30.3 Å². The Morgan fingerprint density at radius 3 is 1.86 bits per heavy atom. The fourth-order valence-corrected chi connectivity index (χ4v) is 6.49. The van der Waals surface area contributed by atoms with E-state index in [9.17, 15) is 33.6 Å². The molecule has 0 saturated heterocycles. The molecule has 0 aliphatic carbocycles. The van der Waals surface area contributed by atoms with E-state index in [1.807, 2.05) is 61.6 Å². The summed E-state index contributed by atoms with van der Waals surface area (Å²) >= 11 is 0. The standard InChI is InChI=1S/C42H68N2O13Si/c1-15-27(6)36(37(47)43-31(21-25(2)3)32(45)23-34(46)52-12)56-38(48)29(8)55-40(50)35(44-41(51)53-24-30-19-17-16-18-20-30)28(7)54-39(49)33(22-26(4)5)57-58(13,14)42(9,10)11/h16-20,25-29,31,33,35-36H,15,21-24H2,1-14H3,(H,43,47)(H,44,51)/t27?,28-,29+,31+,33+,35+,36+/m1/s1. The summed E-state index contributed by atoms with van der Waals surface area (Å²) in [6.07, 6.45) is -5.94. The second-order valence-corrected chi connectivity index (χ2v) is 21.8. The van der Waals surface area contributed by atoms with Crippen LogP contribution in [-0.2, 0) is 63.5 Å². The molecule has 1 aromatic carbocycles. The minimum Gasteiger partial charge on any atom is -0.469 e. The van der Waals surface area contributed by atoms with Crippen molar-refractivity contribution in [3.8, 4) is 0 Å². The van der Waals surface area contributed by atoms with E-state index in [-0.39, 0.29) is 29.9 Å². The van der Waals surface area contributed by atoms with Crippen molar-refractivity contribution in [1.29, 1.82) is 0 Å². The van der Waals surface area contributed by atoms with Crippen LogP contribution in [-0.4, -0.2) is 93.6 Å². The molecule has 16 heteroatoms. The molecule has 2 N–H and O–H groups in total. The molecule has 0 aliphatic heterocycles. The largest absolute Gasteiger partial charge is 0.469 e.